The molecule has 0 amide bonds. The second-order valence-corrected chi connectivity index (χ2v) is 14.8. The number of aromatic hydroxyl groups is 1. The quantitative estimate of drug-likeness (QED) is 0.234. The van der Waals surface area contributed by atoms with Crippen molar-refractivity contribution in [2.24, 2.45) is 0 Å². The van der Waals surface area contributed by atoms with Crippen LogP contribution in [-0.2, 0) is 22.3 Å². The van der Waals surface area contributed by atoms with Crippen LogP contribution in [0.5, 0.6) is 57.5 Å². The fourth-order valence-electron chi connectivity index (χ4n) is 9.24. The summed E-state index contributed by atoms with van der Waals surface area (Å²) in [5.41, 5.74) is 5.97. The Morgan fingerprint density at radius 2 is 1.05 bits per heavy atom. The largest absolute Gasteiger partial charge is 0.504 e. The van der Waals surface area contributed by atoms with E-state index in [4.69, 9.17) is 52.1 Å². The molecule has 0 saturated heterocycles. The third kappa shape index (κ3) is 5.86. The Labute approximate surface area is 339 Å². The Morgan fingerprint density at radius 3 is 1.53 bits per heavy atom. The van der Waals surface area contributed by atoms with Crippen LogP contribution in [0.15, 0.2) is 36.4 Å². The number of hydrogen-bond acceptors (Lipinski definition) is 16. The van der Waals surface area contributed by atoms with Crippen LogP contribution in [-0.4, -0.2) is 103 Å². The summed E-state index contributed by atoms with van der Waals surface area (Å²) in [7, 11) is 11.7. The van der Waals surface area contributed by atoms with E-state index in [0.717, 1.165) is 53.7 Å². The molecule has 0 aromatic heterocycles. The molecule has 4 aromatic carbocycles. The van der Waals surface area contributed by atoms with Gasteiger partial charge in [-0.05, 0) is 62.3 Å². The van der Waals surface area contributed by atoms with Gasteiger partial charge in [0.15, 0.2) is 46.0 Å². The van der Waals surface area contributed by atoms with Gasteiger partial charge in [0.2, 0.25) is 25.1 Å². The number of hydrogen-bond donors (Lipinski definition) is 1. The Morgan fingerprint density at radius 1 is 0.593 bits per heavy atom. The molecule has 6 heterocycles. The van der Waals surface area contributed by atoms with Gasteiger partial charge in [-0.3, -0.25) is 9.80 Å². The second kappa shape index (κ2) is 14.8. The van der Waals surface area contributed by atoms with E-state index in [1.165, 1.54) is 14.2 Å². The number of carbonyl (C=O) groups is 2. The fraction of sp³-hybridized carbons (Fsp3) is 0.395. The predicted octanol–water partition coefficient (Wildman–Crippen LogP) is 5.46. The van der Waals surface area contributed by atoms with Crippen LogP contribution in [0.1, 0.15) is 78.4 Å². The van der Waals surface area contributed by atoms with Gasteiger partial charge in [-0.2, -0.15) is 0 Å². The van der Waals surface area contributed by atoms with Gasteiger partial charge in [0.05, 0.1) is 47.6 Å². The summed E-state index contributed by atoms with van der Waals surface area (Å²) in [4.78, 5) is 29.8. The van der Waals surface area contributed by atoms with E-state index in [0.29, 0.717) is 57.1 Å². The number of cyclic esters (lactones) is 2. The van der Waals surface area contributed by atoms with Crippen molar-refractivity contribution in [1.29, 1.82) is 0 Å². The molecule has 6 aliphatic heterocycles. The van der Waals surface area contributed by atoms with Gasteiger partial charge in [-0.15, -0.1) is 0 Å². The number of phenolic OH excluding ortho intramolecular Hbond substituents is 1. The highest BCUT2D eigenvalue weighted by Crippen LogP contribution is 2.57. The lowest BCUT2D eigenvalue weighted by Crippen LogP contribution is -2.36. The highest BCUT2D eigenvalue weighted by atomic mass is 16.7. The third-order valence-corrected chi connectivity index (χ3v) is 11.9. The Balaban J connectivity index is 0.000000152. The van der Waals surface area contributed by atoms with Crippen molar-refractivity contribution in [3.05, 3.63) is 80.9 Å². The maximum Gasteiger partial charge on any atom is 0.343 e. The van der Waals surface area contributed by atoms with Gasteiger partial charge in [0, 0.05) is 35.3 Å². The molecule has 0 saturated carbocycles. The molecule has 0 unspecified atom stereocenters. The normalized spacial score (nSPS) is 21.9. The van der Waals surface area contributed by atoms with Gasteiger partial charge in [0.1, 0.15) is 23.3 Å². The summed E-state index contributed by atoms with van der Waals surface area (Å²) in [6, 6.07) is 10.5. The lowest BCUT2D eigenvalue weighted by atomic mass is 9.85. The van der Waals surface area contributed by atoms with Crippen LogP contribution < -0.4 is 42.6 Å². The predicted molar refractivity (Wildman–Crippen MR) is 207 cm³/mol. The molecule has 1 N–H and O–H groups in total. The van der Waals surface area contributed by atoms with Gasteiger partial charge >= 0.3 is 11.9 Å². The standard InChI is InChI=1S/C22H23NO7.C21H21NO7/c1-23-8-7-11-9-14-20(29-10-28-14)21(27-4)15(11)17(23)18-12-5-6-13(25-2)19(26-3)16(12)22(24)30-18;1-22-7-6-10-8-13-19(28-9-27-13)20(26-3)14(10)16(22)18-11-4-5-12(25-2)17(23)15(11)21(24)29-18/h5-6,9,17-18H,7-8,10H2,1-4H3;4-5,8,16,18,23H,6-7,9H2,1-3H3/t17-,18+;16-,18+/m11/s1. The molecule has 0 radical (unpaired) electrons. The molecule has 16 nitrogen and oxygen atoms in total. The molecule has 0 bridgehead atoms. The van der Waals surface area contributed by atoms with Crippen molar-refractivity contribution in [2.45, 2.75) is 37.1 Å². The van der Waals surface area contributed by atoms with Crippen LogP contribution in [0.3, 0.4) is 0 Å². The minimum Gasteiger partial charge on any atom is -0.504 e. The minimum atomic E-state index is -0.604. The molecule has 10 rings (SSSR count). The van der Waals surface area contributed by atoms with E-state index in [1.807, 2.05) is 32.3 Å². The van der Waals surface area contributed by atoms with Crippen LogP contribution in [0.25, 0.3) is 0 Å². The van der Waals surface area contributed by atoms with Crippen molar-refractivity contribution in [3.8, 4) is 57.5 Å². The summed E-state index contributed by atoms with van der Waals surface area (Å²) in [6.07, 6.45) is 0.504. The number of phenols is 1. The zero-order valence-corrected chi connectivity index (χ0v) is 33.7. The molecular weight excluding hydrogens is 768 g/mol. The van der Waals surface area contributed by atoms with Crippen LogP contribution >= 0.6 is 0 Å². The molecule has 59 heavy (non-hydrogen) atoms. The molecule has 6 aliphatic rings. The Kier molecular flexibility index (Phi) is 9.63. The summed E-state index contributed by atoms with van der Waals surface area (Å²) in [5.74, 6) is 3.64. The monoisotopic (exact) mass is 812 g/mol. The molecule has 0 aliphatic carbocycles. The lowest BCUT2D eigenvalue weighted by molar-refractivity contribution is 0.00806. The molecular formula is C43H44N2O14. The number of carbonyl (C=O) groups excluding carboxylic acids is 2. The first kappa shape index (κ1) is 38.3. The van der Waals surface area contributed by atoms with Crippen molar-refractivity contribution in [1.82, 2.24) is 9.80 Å². The topological polar surface area (TPSA) is 162 Å². The number of likely N-dealkylation sites (N-methyl/N-ethyl adjacent to an activating group) is 2. The zero-order chi connectivity index (χ0) is 41.3. The second-order valence-electron chi connectivity index (χ2n) is 14.8. The van der Waals surface area contributed by atoms with E-state index in [1.54, 1.807) is 39.5 Å². The van der Waals surface area contributed by atoms with Crippen LogP contribution in [0.4, 0.5) is 0 Å². The van der Waals surface area contributed by atoms with Crippen LogP contribution in [0, 0.1) is 0 Å². The third-order valence-electron chi connectivity index (χ3n) is 11.9. The molecule has 4 atom stereocenters. The van der Waals surface area contributed by atoms with E-state index < -0.39 is 24.1 Å². The lowest BCUT2D eigenvalue weighted by Gasteiger charge is -2.38. The summed E-state index contributed by atoms with van der Waals surface area (Å²) >= 11 is 0. The van der Waals surface area contributed by atoms with Crippen LogP contribution in [0.2, 0.25) is 0 Å². The number of rotatable bonds is 7. The van der Waals surface area contributed by atoms with Crippen molar-refractivity contribution < 1.29 is 66.8 Å². The smallest absolute Gasteiger partial charge is 0.343 e. The first-order chi connectivity index (χ1) is 28.6. The zero-order valence-electron chi connectivity index (χ0n) is 33.7. The van der Waals surface area contributed by atoms with Gasteiger partial charge in [-0.1, -0.05) is 12.1 Å². The van der Waals surface area contributed by atoms with E-state index in [-0.39, 0.29) is 42.7 Å². The summed E-state index contributed by atoms with van der Waals surface area (Å²) in [5, 5.41) is 10.5. The number of benzene rings is 4. The summed E-state index contributed by atoms with van der Waals surface area (Å²) in [6.45, 7) is 1.88. The first-order valence-corrected chi connectivity index (χ1v) is 19.1. The number of ether oxygens (including phenoxy) is 11. The first-order valence-electron chi connectivity index (χ1n) is 19.1. The van der Waals surface area contributed by atoms with Crippen molar-refractivity contribution in [3.63, 3.8) is 0 Å². The number of nitrogens with zero attached hydrogens (tertiary/aromatic N) is 2. The Hall–Kier alpha value is -6.26. The fourth-order valence-corrected chi connectivity index (χ4v) is 9.24. The number of esters is 2. The van der Waals surface area contributed by atoms with E-state index in [9.17, 15) is 14.7 Å². The van der Waals surface area contributed by atoms with E-state index >= 15 is 0 Å². The highest BCUT2D eigenvalue weighted by Gasteiger charge is 2.48. The molecule has 0 fully saturated rings. The molecule has 0 spiro atoms. The number of fused-ring (bicyclic) bond motifs is 6. The van der Waals surface area contributed by atoms with Gasteiger partial charge in [0.25, 0.3) is 0 Å². The molecule has 310 valence electrons. The number of methoxy groups -OCH3 is 5. The highest BCUT2D eigenvalue weighted by molar-refractivity contribution is 5.99. The SMILES string of the molecule is COc1ccc2c(c1O)C(=O)O[C@@H]2[C@H]1c2c(cc3c(c2OC)OCO3)CCN1C.COc1ccc2c(c1OC)C(=O)O[C@@H]2[C@H]1c2c(cc3c(c2OC)OCO3)CCN1C. The van der Waals surface area contributed by atoms with Crippen molar-refractivity contribution >= 4 is 11.9 Å². The molecule has 16 heteroatoms. The minimum absolute atomic E-state index is 0.143. The summed E-state index contributed by atoms with van der Waals surface area (Å²) < 4.78 is 61.7. The van der Waals surface area contributed by atoms with Crippen molar-refractivity contribution in [2.75, 3.05) is 76.3 Å². The van der Waals surface area contributed by atoms with Gasteiger partial charge < -0.3 is 57.2 Å². The van der Waals surface area contributed by atoms with E-state index in [2.05, 4.69) is 9.80 Å². The average molecular weight is 813 g/mol. The maximum atomic E-state index is 12.9. The maximum absolute atomic E-state index is 12.9. The van der Waals surface area contributed by atoms with Gasteiger partial charge in [-0.25, -0.2) is 9.59 Å². The average Bonchev–Trinajstić information content (AvgIpc) is 4.05. The Bertz CT molecular complexity index is 2380. The molecule has 4 aromatic rings.